The molecule has 0 aliphatic carbocycles. The number of hydrogen-bond acceptors (Lipinski definition) is 5. The molecule has 132 valence electrons. The molecule has 1 amide bonds. The molecule has 7 nitrogen and oxygen atoms in total. The van der Waals surface area contributed by atoms with Crippen molar-refractivity contribution in [3.8, 4) is 11.3 Å². The molecule has 0 bridgehead atoms. The van der Waals surface area contributed by atoms with E-state index in [-0.39, 0.29) is 17.4 Å². The lowest BCUT2D eigenvalue weighted by atomic mass is 10.1. The number of benzene rings is 1. The molecule has 3 heterocycles. The molecule has 1 aliphatic rings. The van der Waals surface area contributed by atoms with E-state index in [0.717, 1.165) is 0 Å². The number of rotatable bonds is 3. The highest BCUT2D eigenvalue weighted by atomic mass is 19.1. The number of aromatic amines is 1. The zero-order valence-corrected chi connectivity index (χ0v) is 14.0. The van der Waals surface area contributed by atoms with Crippen LogP contribution in [0.15, 0.2) is 49.1 Å². The van der Waals surface area contributed by atoms with Crippen molar-refractivity contribution in [1.29, 1.82) is 0 Å². The van der Waals surface area contributed by atoms with Gasteiger partial charge in [-0.25, -0.2) is 14.4 Å². The van der Waals surface area contributed by atoms with Crippen molar-refractivity contribution < 1.29 is 9.18 Å². The fourth-order valence-corrected chi connectivity index (χ4v) is 3.05. The number of nitrogens with one attached hydrogen (secondary N) is 1. The van der Waals surface area contributed by atoms with Gasteiger partial charge in [-0.2, -0.15) is 5.10 Å². The van der Waals surface area contributed by atoms with Gasteiger partial charge in [0.15, 0.2) is 11.6 Å². The van der Waals surface area contributed by atoms with E-state index in [1.807, 2.05) is 35.2 Å². The Kier molecular flexibility index (Phi) is 4.30. The number of piperazine rings is 1. The highest BCUT2D eigenvalue weighted by Gasteiger charge is 2.26. The van der Waals surface area contributed by atoms with E-state index >= 15 is 0 Å². The number of amides is 1. The topological polar surface area (TPSA) is 78.0 Å². The largest absolute Gasteiger partial charge is 0.351 e. The highest BCUT2D eigenvalue weighted by molar-refractivity contribution is 5.93. The summed E-state index contributed by atoms with van der Waals surface area (Å²) in [5, 5.41) is 6.44. The van der Waals surface area contributed by atoms with Gasteiger partial charge in [0.05, 0.1) is 11.8 Å². The van der Waals surface area contributed by atoms with E-state index in [2.05, 4.69) is 20.2 Å². The molecule has 1 aromatic carbocycles. The van der Waals surface area contributed by atoms with Gasteiger partial charge < -0.3 is 9.80 Å². The highest BCUT2D eigenvalue weighted by Crippen LogP contribution is 2.26. The lowest BCUT2D eigenvalue weighted by molar-refractivity contribution is 0.0746. The van der Waals surface area contributed by atoms with Gasteiger partial charge in [0.1, 0.15) is 12.0 Å². The predicted octanol–water partition coefficient (Wildman–Crippen LogP) is 1.97. The van der Waals surface area contributed by atoms with Crippen LogP contribution < -0.4 is 4.90 Å². The molecular formula is C18H17FN6O. The first-order chi connectivity index (χ1) is 12.7. The number of anilines is 1. The normalized spacial score (nSPS) is 14.5. The van der Waals surface area contributed by atoms with Crippen LogP contribution in [-0.4, -0.2) is 57.2 Å². The number of H-pyrrole nitrogens is 1. The average molecular weight is 352 g/mol. The molecule has 0 saturated carbocycles. The summed E-state index contributed by atoms with van der Waals surface area (Å²) < 4.78 is 15.0. The number of carbonyl (C=O) groups is 1. The standard InChI is InChI=1S/C18H17FN6O/c19-15-16(13-4-2-1-3-5-13)20-12-21-17(15)24-6-8-25(9-7-24)18(26)14-10-22-23-11-14/h1-5,10-12H,6-9H2,(H,22,23). The second-order valence-electron chi connectivity index (χ2n) is 5.99. The Morgan fingerprint density at radius 1 is 1.08 bits per heavy atom. The van der Waals surface area contributed by atoms with Gasteiger partial charge in [-0.05, 0) is 0 Å². The number of aromatic nitrogens is 4. The lowest BCUT2D eigenvalue weighted by Crippen LogP contribution is -2.49. The third-order valence-corrected chi connectivity index (χ3v) is 4.43. The number of nitrogens with zero attached hydrogens (tertiary/aromatic N) is 5. The van der Waals surface area contributed by atoms with Crippen LogP contribution >= 0.6 is 0 Å². The molecule has 0 radical (unpaired) electrons. The molecule has 0 atom stereocenters. The van der Waals surface area contributed by atoms with Crippen molar-refractivity contribution in [2.75, 3.05) is 31.1 Å². The Morgan fingerprint density at radius 3 is 2.54 bits per heavy atom. The molecule has 1 aliphatic heterocycles. The van der Waals surface area contributed by atoms with Crippen LogP contribution in [0, 0.1) is 5.82 Å². The summed E-state index contributed by atoms with van der Waals surface area (Å²) in [6.45, 7) is 2.00. The molecule has 8 heteroatoms. The summed E-state index contributed by atoms with van der Waals surface area (Å²) in [7, 11) is 0. The van der Waals surface area contributed by atoms with Crippen molar-refractivity contribution in [1.82, 2.24) is 25.1 Å². The maximum Gasteiger partial charge on any atom is 0.257 e. The summed E-state index contributed by atoms with van der Waals surface area (Å²) in [6, 6.07) is 9.20. The molecule has 1 N–H and O–H groups in total. The van der Waals surface area contributed by atoms with Crippen LogP contribution in [0.25, 0.3) is 11.3 Å². The molecule has 0 unspecified atom stereocenters. The maximum absolute atomic E-state index is 15.0. The molecule has 1 fully saturated rings. The molecule has 26 heavy (non-hydrogen) atoms. The molecule has 1 saturated heterocycles. The van der Waals surface area contributed by atoms with E-state index in [4.69, 9.17) is 0 Å². The van der Waals surface area contributed by atoms with E-state index in [1.165, 1.54) is 12.5 Å². The first kappa shape index (κ1) is 16.2. The zero-order valence-electron chi connectivity index (χ0n) is 14.0. The van der Waals surface area contributed by atoms with Crippen molar-refractivity contribution in [2.45, 2.75) is 0 Å². The van der Waals surface area contributed by atoms with Crippen molar-refractivity contribution in [2.24, 2.45) is 0 Å². The fourth-order valence-electron chi connectivity index (χ4n) is 3.05. The van der Waals surface area contributed by atoms with Crippen LogP contribution in [0.4, 0.5) is 10.2 Å². The monoisotopic (exact) mass is 352 g/mol. The maximum atomic E-state index is 15.0. The Morgan fingerprint density at radius 2 is 1.85 bits per heavy atom. The van der Waals surface area contributed by atoms with Gasteiger partial charge in [-0.15, -0.1) is 0 Å². The van der Waals surface area contributed by atoms with Crippen molar-refractivity contribution in [3.05, 3.63) is 60.4 Å². The second-order valence-corrected chi connectivity index (χ2v) is 5.99. The van der Waals surface area contributed by atoms with Gasteiger partial charge in [0.25, 0.3) is 5.91 Å². The minimum Gasteiger partial charge on any atom is -0.351 e. The summed E-state index contributed by atoms with van der Waals surface area (Å²) >= 11 is 0. The van der Waals surface area contributed by atoms with Crippen molar-refractivity contribution >= 4 is 11.7 Å². The van der Waals surface area contributed by atoms with Crippen molar-refractivity contribution in [3.63, 3.8) is 0 Å². The summed E-state index contributed by atoms with van der Waals surface area (Å²) in [6.07, 6.45) is 4.46. The summed E-state index contributed by atoms with van der Waals surface area (Å²) in [5.74, 6) is -0.242. The van der Waals surface area contributed by atoms with Crippen LogP contribution in [0.5, 0.6) is 0 Å². The van der Waals surface area contributed by atoms with Crippen LogP contribution in [0.1, 0.15) is 10.4 Å². The summed E-state index contributed by atoms with van der Waals surface area (Å²) in [4.78, 5) is 24.2. The first-order valence-electron chi connectivity index (χ1n) is 8.33. The van der Waals surface area contributed by atoms with E-state index in [1.54, 1.807) is 11.1 Å². The van der Waals surface area contributed by atoms with E-state index < -0.39 is 5.82 Å². The van der Waals surface area contributed by atoms with Crippen LogP contribution in [0.2, 0.25) is 0 Å². The molecular weight excluding hydrogens is 335 g/mol. The second kappa shape index (κ2) is 6.91. The van der Waals surface area contributed by atoms with Gasteiger partial charge in [0, 0.05) is 37.9 Å². The van der Waals surface area contributed by atoms with Gasteiger partial charge >= 0.3 is 0 Å². The first-order valence-corrected chi connectivity index (χ1v) is 8.33. The van der Waals surface area contributed by atoms with Crippen LogP contribution in [0.3, 0.4) is 0 Å². The molecule has 2 aromatic heterocycles. The minimum atomic E-state index is -0.437. The number of hydrogen-bond donors (Lipinski definition) is 1. The third kappa shape index (κ3) is 3.01. The van der Waals surface area contributed by atoms with Gasteiger partial charge in [-0.1, -0.05) is 30.3 Å². The SMILES string of the molecule is O=C(c1cn[nH]c1)N1CCN(c2ncnc(-c3ccccc3)c2F)CC1. The van der Waals surface area contributed by atoms with Gasteiger partial charge in [-0.3, -0.25) is 9.89 Å². The smallest absolute Gasteiger partial charge is 0.257 e. The lowest BCUT2D eigenvalue weighted by Gasteiger charge is -2.35. The molecule has 4 rings (SSSR count). The quantitative estimate of drug-likeness (QED) is 0.780. The Labute approximate surface area is 149 Å². The predicted molar refractivity (Wildman–Crippen MR) is 94.1 cm³/mol. The number of carbonyl (C=O) groups excluding carboxylic acids is 1. The van der Waals surface area contributed by atoms with E-state index in [9.17, 15) is 9.18 Å². The Hall–Kier alpha value is -3.29. The Balaban J connectivity index is 1.51. The summed E-state index contributed by atoms with van der Waals surface area (Å²) in [5.41, 5.74) is 1.52. The fraction of sp³-hybridized carbons (Fsp3) is 0.222. The number of halogens is 1. The molecule has 3 aromatic rings. The zero-order chi connectivity index (χ0) is 17.9. The third-order valence-electron chi connectivity index (χ3n) is 4.43. The van der Waals surface area contributed by atoms with Gasteiger partial charge in [0.2, 0.25) is 0 Å². The Bertz CT molecular complexity index is 891. The average Bonchev–Trinajstić information content (AvgIpc) is 3.23. The van der Waals surface area contributed by atoms with E-state index in [0.29, 0.717) is 37.3 Å². The van der Waals surface area contributed by atoms with Crippen LogP contribution in [-0.2, 0) is 0 Å². The minimum absolute atomic E-state index is 0.0773. The molecule has 0 spiro atoms.